The minimum Gasteiger partial charge on any atom is -0.464 e. The van der Waals surface area contributed by atoms with Gasteiger partial charge in [-0.3, -0.25) is 0 Å². The number of carbonyl (C=O) groups is 1. The van der Waals surface area contributed by atoms with E-state index in [4.69, 9.17) is 4.74 Å². The van der Waals surface area contributed by atoms with Gasteiger partial charge in [-0.15, -0.1) is 0 Å². The molecule has 6 nitrogen and oxygen atoms in total. The number of nitrogens with zero attached hydrogens (tertiary/aromatic N) is 4. The largest absolute Gasteiger partial charge is 0.464 e. The summed E-state index contributed by atoms with van der Waals surface area (Å²) in [5.41, 5.74) is 3.47. The Morgan fingerprint density at radius 3 is 2.79 bits per heavy atom. The highest BCUT2D eigenvalue weighted by atomic mass is 16.5. The summed E-state index contributed by atoms with van der Waals surface area (Å²) in [7, 11) is 3.45. The molecule has 0 spiro atoms. The Hall–Kier alpha value is -2.63. The zero-order chi connectivity index (χ0) is 17.3. The molecule has 1 atom stereocenters. The smallest absolute Gasteiger partial charge is 0.356 e. The van der Waals surface area contributed by atoms with Crippen LogP contribution in [0.5, 0.6) is 0 Å². The van der Waals surface area contributed by atoms with Crippen LogP contribution in [-0.4, -0.2) is 42.7 Å². The van der Waals surface area contributed by atoms with Gasteiger partial charge in [0.05, 0.1) is 7.11 Å². The standard InChI is InChI=1S/C18H22N4O2/c1-12-9-15(17(23)24-4)20-18(19-12)22-11-14-7-5-6-8-16(14)21(3)10-13(22)2/h5-9,13H,10-11H2,1-4H3. The van der Waals surface area contributed by atoms with Gasteiger partial charge in [0.1, 0.15) is 0 Å². The Morgan fingerprint density at radius 1 is 1.29 bits per heavy atom. The van der Waals surface area contributed by atoms with Crippen LogP contribution in [0.2, 0.25) is 0 Å². The van der Waals surface area contributed by atoms with Crippen LogP contribution in [0.25, 0.3) is 0 Å². The van der Waals surface area contributed by atoms with E-state index in [1.165, 1.54) is 18.4 Å². The number of benzene rings is 1. The molecule has 0 aliphatic carbocycles. The molecule has 0 radical (unpaired) electrons. The van der Waals surface area contributed by atoms with Crippen LogP contribution < -0.4 is 9.80 Å². The summed E-state index contributed by atoms with van der Waals surface area (Å²) < 4.78 is 4.80. The summed E-state index contributed by atoms with van der Waals surface area (Å²) in [4.78, 5) is 25.2. The molecule has 126 valence electrons. The second kappa shape index (κ2) is 6.47. The number of methoxy groups -OCH3 is 1. The number of para-hydroxylation sites is 1. The number of hydrogen-bond acceptors (Lipinski definition) is 6. The number of rotatable bonds is 2. The van der Waals surface area contributed by atoms with Crippen LogP contribution in [0.15, 0.2) is 30.3 Å². The fourth-order valence-corrected chi connectivity index (χ4v) is 3.11. The fourth-order valence-electron chi connectivity index (χ4n) is 3.11. The third kappa shape index (κ3) is 3.04. The van der Waals surface area contributed by atoms with Crippen LogP contribution in [0.3, 0.4) is 0 Å². The number of carbonyl (C=O) groups excluding carboxylic acids is 1. The molecular weight excluding hydrogens is 304 g/mol. The molecule has 0 fully saturated rings. The molecule has 1 aromatic carbocycles. The van der Waals surface area contributed by atoms with Gasteiger partial charge in [0.15, 0.2) is 5.69 Å². The summed E-state index contributed by atoms with van der Waals surface area (Å²) in [6, 6.07) is 10.2. The van der Waals surface area contributed by atoms with Gasteiger partial charge in [-0.05, 0) is 31.5 Å². The maximum absolute atomic E-state index is 11.9. The molecule has 1 aromatic heterocycles. The van der Waals surface area contributed by atoms with Crippen LogP contribution in [0.4, 0.5) is 11.6 Å². The van der Waals surface area contributed by atoms with Gasteiger partial charge in [0.25, 0.3) is 0 Å². The van der Waals surface area contributed by atoms with Crippen molar-refractivity contribution >= 4 is 17.6 Å². The van der Waals surface area contributed by atoms with Crippen molar-refractivity contribution in [2.24, 2.45) is 0 Å². The second-order valence-electron chi connectivity index (χ2n) is 6.17. The number of likely N-dealkylation sites (N-methyl/N-ethyl adjacent to an activating group) is 1. The number of esters is 1. The zero-order valence-corrected chi connectivity index (χ0v) is 14.5. The lowest BCUT2D eigenvalue weighted by molar-refractivity contribution is 0.0593. The van der Waals surface area contributed by atoms with E-state index in [2.05, 4.69) is 45.9 Å². The Labute approximate surface area is 142 Å². The van der Waals surface area contributed by atoms with Crippen LogP contribution >= 0.6 is 0 Å². The van der Waals surface area contributed by atoms with Gasteiger partial charge in [0.2, 0.25) is 5.95 Å². The van der Waals surface area contributed by atoms with Crippen molar-refractivity contribution in [2.75, 3.05) is 30.5 Å². The highest BCUT2D eigenvalue weighted by molar-refractivity contribution is 5.87. The van der Waals surface area contributed by atoms with Crippen molar-refractivity contribution in [2.45, 2.75) is 26.4 Å². The summed E-state index contributed by atoms with van der Waals surface area (Å²) in [5.74, 6) is 0.120. The predicted octanol–water partition coefficient (Wildman–Crippen LogP) is 2.42. The number of aryl methyl sites for hydroxylation is 1. The molecule has 0 bridgehead atoms. The Balaban J connectivity index is 2.02. The summed E-state index contributed by atoms with van der Waals surface area (Å²) in [6.07, 6.45) is 0. The van der Waals surface area contributed by atoms with E-state index in [-0.39, 0.29) is 11.7 Å². The molecule has 2 heterocycles. The Bertz CT molecular complexity index is 762. The molecule has 2 aromatic rings. The van der Waals surface area contributed by atoms with E-state index in [9.17, 15) is 4.79 Å². The molecule has 0 saturated heterocycles. The summed E-state index contributed by atoms with van der Waals surface area (Å²) >= 11 is 0. The number of fused-ring (bicyclic) bond motifs is 1. The minimum atomic E-state index is -0.443. The van der Waals surface area contributed by atoms with Gasteiger partial charge < -0.3 is 14.5 Å². The van der Waals surface area contributed by atoms with Gasteiger partial charge >= 0.3 is 5.97 Å². The van der Waals surface area contributed by atoms with Gasteiger partial charge in [-0.1, -0.05) is 18.2 Å². The number of anilines is 2. The van der Waals surface area contributed by atoms with Crippen molar-refractivity contribution in [1.82, 2.24) is 9.97 Å². The highest BCUT2D eigenvalue weighted by Crippen LogP contribution is 2.28. The van der Waals surface area contributed by atoms with E-state index in [1.54, 1.807) is 6.07 Å². The first-order valence-corrected chi connectivity index (χ1v) is 7.99. The molecule has 0 amide bonds. The third-order valence-electron chi connectivity index (χ3n) is 4.31. The van der Waals surface area contributed by atoms with Gasteiger partial charge in [-0.25, -0.2) is 14.8 Å². The van der Waals surface area contributed by atoms with Crippen LogP contribution in [0.1, 0.15) is 28.7 Å². The Kier molecular flexibility index (Phi) is 4.38. The molecular formula is C18H22N4O2. The lowest BCUT2D eigenvalue weighted by atomic mass is 10.1. The molecule has 1 aliphatic rings. The predicted molar refractivity (Wildman–Crippen MR) is 93.5 cm³/mol. The second-order valence-corrected chi connectivity index (χ2v) is 6.17. The average molecular weight is 326 g/mol. The maximum atomic E-state index is 11.9. The monoisotopic (exact) mass is 326 g/mol. The third-order valence-corrected chi connectivity index (χ3v) is 4.31. The average Bonchev–Trinajstić information content (AvgIpc) is 2.70. The topological polar surface area (TPSA) is 58.6 Å². The molecule has 0 N–H and O–H groups in total. The van der Waals surface area contributed by atoms with Crippen molar-refractivity contribution in [3.8, 4) is 0 Å². The normalized spacial score (nSPS) is 17.2. The lowest BCUT2D eigenvalue weighted by Crippen LogP contribution is -2.39. The minimum absolute atomic E-state index is 0.203. The number of hydrogen-bond donors (Lipinski definition) is 0. The highest BCUT2D eigenvalue weighted by Gasteiger charge is 2.26. The molecule has 24 heavy (non-hydrogen) atoms. The zero-order valence-electron chi connectivity index (χ0n) is 14.5. The lowest BCUT2D eigenvalue weighted by Gasteiger charge is -2.28. The van der Waals surface area contributed by atoms with E-state index in [0.717, 1.165) is 12.2 Å². The SMILES string of the molecule is COC(=O)c1cc(C)nc(N2Cc3ccccc3N(C)CC2C)n1. The summed E-state index contributed by atoms with van der Waals surface area (Å²) in [5, 5.41) is 0. The van der Waals surface area contributed by atoms with Gasteiger partial charge in [-0.2, -0.15) is 0 Å². The first-order chi connectivity index (χ1) is 11.5. The van der Waals surface area contributed by atoms with E-state index >= 15 is 0 Å². The van der Waals surface area contributed by atoms with Crippen LogP contribution in [0, 0.1) is 6.92 Å². The van der Waals surface area contributed by atoms with E-state index in [0.29, 0.717) is 12.5 Å². The first kappa shape index (κ1) is 16.2. The number of ether oxygens (including phenoxy) is 1. The summed E-state index contributed by atoms with van der Waals surface area (Å²) in [6.45, 7) is 5.56. The molecule has 0 saturated carbocycles. The molecule has 3 rings (SSSR count). The van der Waals surface area contributed by atoms with Crippen LogP contribution in [-0.2, 0) is 11.3 Å². The molecule has 6 heteroatoms. The van der Waals surface area contributed by atoms with Crippen molar-refractivity contribution in [3.63, 3.8) is 0 Å². The van der Waals surface area contributed by atoms with Crippen molar-refractivity contribution in [1.29, 1.82) is 0 Å². The van der Waals surface area contributed by atoms with Gasteiger partial charge in [0, 0.05) is 37.6 Å². The molecule has 1 aliphatic heterocycles. The first-order valence-electron chi connectivity index (χ1n) is 7.99. The van der Waals surface area contributed by atoms with E-state index in [1.807, 2.05) is 19.1 Å². The number of aromatic nitrogens is 2. The Morgan fingerprint density at radius 2 is 2.04 bits per heavy atom. The quantitative estimate of drug-likeness (QED) is 0.790. The fraction of sp³-hybridized carbons (Fsp3) is 0.389. The van der Waals surface area contributed by atoms with E-state index < -0.39 is 5.97 Å². The van der Waals surface area contributed by atoms with Crippen molar-refractivity contribution < 1.29 is 9.53 Å². The van der Waals surface area contributed by atoms with Crippen molar-refractivity contribution in [3.05, 3.63) is 47.3 Å². The maximum Gasteiger partial charge on any atom is 0.356 e. The molecule has 1 unspecified atom stereocenters.